The number of piperazine rings is 1. The van der Waals surface area contributed by atoms with E-state index in [1.54, 1.807) is 0 Å². The van der Waals surface area contributed by atoms with Crippen molar-refractivity contribution in [2.24, 2.45) is 5.10 Å². The van der Waals surface area contributed by atoms with Gasteiger partial charge in [-0.2, -0.15) is 5.10 Å². The molecule has 0 N–H and O–H groups in total. The maximum absolute atomic E-state index is 4.65. The van der Waals surface area contributed by atoms with Crippen molar-refractivity contribution in [1.82, 2.24) is 9.91 Å². The smallest absolute Gasteiger partial charge is 0.0499 e. The third-order valence-corrected chi connectivity index (χ3v) is 4.49. The highest BCUT2D eigenvalue weighted by Crippen LogP contribution is 2.10. The summed E-state index contributed by atoms with van der Waals surface area (Å²) in [5, 5.41) is 6.82. The van der Waals surface area contributed by atoms with Gasteiger partial charge in [0.05, 0.1) is 0 Å². The highest BCUT2D eigenvalue weighted by atomic mass is 15.5. The number of benzene rings is 2. The van der Waals surface area contributed by atoms with Crippen LogP contribution in [0.15, 0.2) is 65.3 Å². The standard InChI is InChI=1S/C22H27N3/c1-19-8-10-22(11-9-19)18-24-12-14-25(15-13-24)23-17-20(2)16-21-6-4-3-5-7-21/h3-11,16-17H,12-15,18H2,1-2H3/b20-16+,23-17?. The molecule has 3 rings (SSSR count). The largest absolute Gasteiger partial charge is 0.295 e. The summed E-state index contributed by atoms with van der Waals surface area (Å²) in [6, 6.07) is 19.2. The Balaban J connectivity index is 1.47. The Morgan fingerprint density at radius 1 is 0.960 bits per heavy atom. The van der Waals surface area contributed by atoms with E-state index in [0.717, 1.165) is 32.7 Å². The fourth-order valence-corrected chi connectivity index (χ4v) is 2.98. The summed E-state index contributed by atoms with van der Waals surface area (Å²) < 4.78 is 0. The number of hydrazone groups is 1. The van der Waals surface area contributed by atoms with Gasteiger partial charge >= 0.3 is 0 Å². The second kappa shape index (κ2) is 8.63. The van der Waals surface area contributed by atoms with Crippen LogP contribution in [0.5, 0.6) is 0 Å². The van der Waals surface area contributed by atoms with Crippen molar-refractivity contribution in [2.45, 2.75) is 20.4 Å². The van der Waals surface area contributed by atoms with Crippen molar-refractivity contribution in [2.75, 3.05) is 26.2 Å². The molecule has 1 fully saturated rings. The molecule has 0 bridgehead atoms. The maximum atomic E-state index is 4.65. The molecule has 1 aliphatic rings. The van der Waals surface area contributed by atoms with E-state index >= 15 is 0 Å². The zero-order valence-electron chi connectivity index (χ0n) is 15.2. The summed E-state index contributed by atoms with van der Waals surface area (Å²) in [5.41, 5.74) is 5.11. The number of aryl methyl sites for hydroxylation is 1. The van der Waals surface area contributed by atoms with Crippen molar-refractivity contribution in [1.29, 1.82) is 0 Å². The minimum atomic E-state index is 0.987. The quantitative estimate of drug-likeness (QED) is 0.764. The van der Waals surface area contributed by atoms with Crippen LogP contribution in [0.1, 0.15) is 23.6 Å². The van der Waals surface area contributed by atoms with E-state index < -0.39 is 0 Å². The molecule has 2 aromatic carbocycles. The predicted octanol–water partition coefficient (Wildman–Crippen LogP) is 4.20. The van der Waals surface area contributed by atoms with Crippen molar-refractivity contribution in [3.8, 4) is 0 Å². The van der Waals surface area contributed by atoms with E-state index in [9.17, 15) is 0 Å². The number of hydrogen-bond donors (Lipinski definition) is 0. The molecule has 3 heteroatoms. The zero-order chi connectivity index (χ0) is 17.5. The molecule has 2 aromatic rings. The number of hydrogen-bond acceptors (Lipinski definition) is 3. The van der Waals surface area contributed by atoms with Gasteiger partial charge in [-0.1, -0.05) is 66.2 Å². The van der Waals surface area contributed by atoms with Gasteiger partial charge in [0, 0.05) is 38.9 Å². The van der Waals surface area contributed by atoms with Crippen LogP contribution in [-0.2, 0) is 6.54 Å². The average Bonchev–Trinajstić information content (AvgIpc) is 2.64. The van der Waals surface area contributed by atoms with Crippen LogP contribution in [0.25, 0.3) is 6.08 Å². The molecule has 0 aliphatic carbocycles. The first-order valence-corrected chi connectivity index (χ1v) is 8.99. The summed E-state index contributed by atoms with van der Waals surface area (Å²) in [6.45, 7) is 9.37. The van der Waals surface area contributed by atoms with Gasteiger partial charge in [0.25, 0.3) is 0 Å². The minimum absolute atomic E-state index is 0.987. The number of rotatable bonds is 5. The summed E-state index contributed by atoms with van der Waals surface area (Å²) in [4.78, 5) is 2.50. The summed E-state index contributed by atoms with van der Waals surface area (Å²) in [7, 11) is 0. The summed E-state index contributed by atoms with van der Waals surface area (Å²) in [5.74, 6) is 0. The lowest BCUT2D eigenvalue weighted by molar-refractivity contribution is 0.131. The van der Waals surface area contributed by atoms with Gasteiger partial charge in [-0.3, -0.25) is 9.91 Å². The molecule has 0 atom stereocenters. The highest BCUT2D eigenvalue weighted by Gasteiger charge is 2.15. The monoisotopic (exact) mass is 333 g/mol. The molecule has 0 aromatic heterocycles. The second-order valence-electron chi connectivity index (χ2n) is 6.76. The topological polar surface area (TPSA) is 18.8 Å². The molecule has 25 heavy (non-hydrogen) atoms. The molecule has 0 spiro atoms. The molecule has 0 amide bonds. The Morgan fingerprint density at radius 3 is 2.32 bits per heavy atom. The minimum Gasteiger partial charge on any atom is -0.295 e. The number of allylic oxidation sites excluding steroid dienone is 1. The molecule has 0 saturated carbocycles. The van der Waals surface area contributed by atoms with Gasteiger partial charge in [0.15, 0.2) is 0 Å². The Bertz CT molecular complexity index is 709. The first kappa shape index (κ1) is 17.4. The van der Waals surface area contributed by atoms with E-state index in [4.69, 9.17) is 0 Å². The number of nitrogens with zero attached hydrogens (tertiary/aromatic N) is 3. The van der Waals surface area contributed by atoms with Crippen LogP contribution in [0.2, 0.25) is 0 Å². The molecule has 1 aliphatic heterocycles. The fourth-order valence-electron chi connectivity index (χ4n) is 2.98. The van der Waals surface area contributed by atoms with E-state index in [2.05, 4.69) is 83.5 Å². The molecule has 130 valence electrons. The van der Waals surface area contributed by atoms with Gasteiger partial charge in [-0.15, -0.1) is 0 Å². The van der Waals surface area contributed by atoms with E-state index in [-0.39, 0.29) is 0 Å². The molecule has 3 nitrogen and oxygen atoms in total. The van der Waals surface area contributed by atoms with Crippen LogP contribution >= 0.6 is 0 Å². The fraction of sp³-hybridized carbons (Fsp3) is 0.318. The highest BCUT2D eigenvalue weighted by molar-refractivity contribution is 5.84. The third kappa shape index (κ3) is 5.57. The van der Waals surface area contributed by atoms with Crippen LogP contribution in [0, 0.1) is 6.92 Å². The second-order valence-corrected chi connectivity index (χ2v) is 6.76. The van der Waals surface area contributed by atoms with Gasteiger partial charge in [0.1, 0.15) is 0 Å². The van der Waals surface area contributed by atoms with Crippen LogP contribution in [0.3, 0.4) is 0 Å². The normalized spacial score (nSPS) is 16.6. The summed E-state index contributed by atoms with van der Waals surface area (Å²) >= 11 is 0. The van der Waals surface area contributed by atoms with E-state index in [1.807, 2.05) is 12.3 Å². The Hall–Kier alpha value is -2.39. The van der Waals surface area contributed by atoms with Crippen LogP contribution < -0.4 is 0 Å². The van der Waals surface area contributed by atoms with Crippen molar-refractivity contribution in [3.63, 3.8) is 0 Å². The Morgan fingerprint density at radius 2 is 1.64 bits per heavy atom. The lowest BCUT2D eigenvalue weighted by Gasteiger charge is -2.33. The van der Waals surface area contributed by atoms with Crippen molar-refractivity contribution < 1.29 is 0 Å². The molecular formula is C22H27N3. The Kier molecular flexibility index (Phi) is 6.02. The molecule has 0 unspecified atom stereocenters. The van der Waals surface area contributed by atoms with Gasteiger partial charge in [-0.05, 0) is 30.5 Å². The molecule has 1 heterocycles. The first-order chi connectivity index (χ1) is 12.2. The van der Waals surface area contributed by atoms with E-state index in [0.29, 0.717) is 0 Å². The van der Waals surface area contributed by atoms with Crippen LogP contribution in [0.4, 0.5) is 0 Å². The summed E-state index contributed by atoms with van der Waals surface area (Å²) in [6.07, 6.45) is 4.14. The Labute approximate surface area is 151 Å². The SMILES string of the molecule is C/C(C=NN1CCN(Cc2ccc(C)cc2)CC1)=C\c1ccccc1. The van der Waals surface area contributed by atoms with Gasteiger partial charge in [-0.25, -0.2) is 0 Å². The van der Waals surface area contributed by atoms with E-state index in [1.165, 1.54) is 22.3 Å². The lowest BCUT2D eigenvalue weighted by Crippen LogP contribution is -2.43. The van der Waals surface area contributed by atoms with Crippen LogP contribution in [-0.4, -0.2) is 42.3 Å². The third-order valence-electron chi connectivity index (χ3n) is 4.49. The van der Waals surface area contributed by atoms with Crippen molar-refractivity contribution in [3.05, 3.63) is 76.9 Å². The zero-order valence-corrected chi connectivity index (χ0v) is 15.2. The average molecular weight is 333 g/mol. The van der Waals surface area contributed by atoms with Gasteiger partial charge in [0.2, 0.25) is 0 Å². The molecule has 0 radical (unpaired) electrons. The lowest BCUT2D eigenvalue weighted by atomic mass is 10.1. The maximum Gasteiger partial charge on any atom is 0.0499 e. The van der Waals surface area contributed by atoms with Gasteiger partial charge < -0.3 is 0 Å². The molecule has 1 saturated heterocycles. The molecular weight excluding hydrogens is 306 g/mol. The van der Waals surface area contributed by atoms with Crippen molar-refractivity contribution >= 4 is 12.3 Å². The first-order valence-electron chi connectivity index (χ1n) is 8.99. The predicted molar refractivity (Wildman–Crippen MR) is 107 cm³/mol.